The highest BCUT2D eigenvalue weighted by Gasteiger charge is 2.27. The molecule has 4 rings (SSSR count). The topological polar surface area (TPSA) is 63.7 Å². The Morgan fingerprint density at radius 2 is 1.60 bits per heavy atom. The Kier molecular flexibility index (Phi) is 5.57. The third-order valence-electron chi connectivity index (χ3n) is 4.79. The number of anilines is 1. The minimum absolute atomic E-state index is 0.0137. The number of nitrogens with zero attached hydrogens (tertiary/aromatic N) is 1. The maximum absolute atomic E-state index is 13.2. The van der Waals surface area contributed by atoms with Crippen molar-refractivity contribution in [3.05, 3.63) is 95.4 Å². The lowest BCUT2D eigenvalue weighted by Gasteiger charge is -2.20. The Morgan fingerprint density at radius 3 is 2.40 bits per heavy atom. The summed E-state index contributed by atoms with van der Waals surface area (Å²) in [6.45, 7) is 0.0752. The number of hydrogen-bond donors (Lipinski definition) is 0. The molecule has 0 amide bonds. The smallest absolute Gasteiger partial charge is 0.339 e. The van der Waals surface area contributed by atoms with E-state index >= 15 is 0 Å². The molecule has 30 heavy (non-hydrogen) atoms. The van der Waals surface area contributed by atoms with Crippen LogP contribution in [-0.4, -0.2) is 21.4 Å². The van der Waals surface area contributed by atoms with Crippen LogP contribution in [0.5, 0.6) is 0 Å². The molecule has 0 N–H and O–H groups in total. The SMILES string of the molecule is CN(c1ccccc1)S(=O)(=O)c1ccccc1C(=O)OCc1csc2ccccc12. The summed E-state index contributed by atoms with van der Waals surface area (Å²) < 4.78 is 34.1. The molecule has 0 aliphatic carbocycles. The fourth-order valence-corrected chi connectivity index (χ4v) is 5.47. The third kappa shape index (κ3) is 3.81. The minimum atomic E-state index is -3.94. The number of benzene rings is 3. The fourth-order valence-electron chi connectivity index (χ4n) is 3.15. The Balaban J connectivity index is 1.60. The van der Waals surface area contributed by atoms with Gasteiger partial charge in [0.05, 0.1) is 11.3 Å². The van der Waals surface area contributed by atoms with E-state index in [0.717, 1.165) is 20.0 Å². The molecule has 3 aromatic carbocycles. The zero-order chi connectivity index (χ0) is 21.1. The third-order valence-corrected chi connectivity index (χ3v) is 7.64. The van der Waals surface area contributed by atoms with Crippen LogP contribution in [0.2, 0.25) is 0 Å². The largest absolute Gasteiger partial charge is 0.457 e. The first-order valence-corrected chi connectivity index (χ1v) is 11.6. The van der Waals surface area contributed by atoms with Crippen LogP contribution in [0, 0.1) is 0 Å². The van der Waals surface area contributed by atoms with Crippen LogP contribution in [0.3, 0.4) is 0 Å². The normalized spacial score (nSPS) is 11.4. The van der Waals surface area contributed by atoms with Crippen molar-refractivity contribution in [2.45, 2.75) is 11.5 Å². The maximum Gasteiger partial charge on any atom is 0.339 e. The monoisotopic (exact) mass is 437 g/mol. The zero-order valence-electron chi connectivity index (χ0n) is 16.2. The molecule has 0 saturated carbocycles. The molecule has 0 spiro atoms. The highest BCUT2D eigenvalue weighted by atomic mass is 32.2. The van der Waals surface area contributed by atoms with Gasteiger partial charge in [0.1, 0.15) is 11.5 Å². The van der Waals surface area contributed by atoms with Crippen molar-refractivity contribution in [3.8, 4) is 0 Å². The molecular weight excluding hydrogens is 418 g/mol. The van der Waals surface area contributed by atoms with Gasteiger partial charge in [-0.25, -0.2) is 13.2 Å². The first-order valence-electron chi connectivity index (χ1n) is 9.24. The summed E-state index contributed by atoms with van der Waals surface area (Å²) >= 11 is 1.58. The summed E-state index contributed by atoms with van der Waals surface area (Å²) in [6.07, 6.45) is 0. The van der Waals surface area contributed by atoms with E-state index in [4.69, 9.17) is 4.74 Å². The number of hydrogen-bond acceptors (Lipinski definition) is 5. The minimum Gasteiger partial charge on any atom is -0.457 e. The van der Waals surface area contributed by atoms with Crippen molar-refractivity contribution < 1.29 is 17.9 Å². The van der Waals surface area contributed by atoms with Crippen LogP contribution in [-0.2, 0) is 21.4 Å². The second kappa shape index (κ2) is 8.30. The maximum atomic E-state index is 13.2. The number of carbonyl (C=O) groups excluding carboxylic acids is 1. The molecule has 0 aliphatic rings. The van der Waals surface area contributed by atoms with Crippen LogP contribution < -0.4 is 4.31 Å². The second-order valence-corrected chi connectivity index (χ2v) is 9.49. The van der Waals surface area contributed by atoms with Gasteiger partial charge in [-0.15, -0.1) is 11.3 Å². The highest BCUT2D eigenvalue weighted by Crippen LogP contribution is 2.28. The van der Waals surface area contributed by atoms with Gasteiger partial charge in [0.25, 0.3) is 10.0 Å². The van der Waals surface area contributed by atoms with E-state index in [1.807, 2.05) is 35.7 Å². The predicted molar refractivity (Wildman–Crippen MR) is 119 cm³/mol. The lowest BCUT2D eigenvalue weighted by Crippen LogP contribution is -2.28. The van der Waals surface area contributed by atoms with E-state index in [1.54, 1.807) is 47.7 Å². The molecule has 0 atom stereocenters. The van der Waals surface area contributed by atoms with Crippen molar-refractivity contribution in [1.29, 1.82) is 0 Å². The van der Waals surface area contributed by atoms with Crippen molar-refractivity contribution in [1.82, 2.24) is 0 Å². The van der Waals surface area contributed by atoms with Crippen LogP contribution in [0.15, 0.2) is 89.1 Å². The van der Waals surface area contributed by atoms with Crippen LogP contribution in [0.1, 0.15) is 15.9 Å². The molecule has 0 aliphatic heterocycles. The Bertz CT molecular complexity index is 1300. The molecule has 1 aromatic heterocycles. The molecule has 7 heteroatoms. The first-order chi connectivity index (χ1) is 14.5. The van der Waals surface area contributed by atoms with Crippen molar-refractivity contribution in [3.63, 3.8) is 0 Å². The molecule has 152 valence electrons. The van der Waals surface area contributed by atoms with Gasteiger partial charge < -0.3 is 4.74 Å². The van der Waals surface area contributed by atoms with Crippen LogP contribution in [0.25, 0.3) is 10.1 Å². The molecule has 1 heterocycles. The van der Waals surface area contributed by atoms with Crippen LogP contribution in [0.4, 0.5) is 5.69 Å². The first kappa shape index (κ1) is 20.1. The van der Waals surface area contributed by atoms with Gasteiger partial charge in [0, 0.05) is 17.3 Å². The zero-order valence-corrected chi connectivity index (χ0v) is 17.8. The summed E-state index contributed by atoms with van der Waals surface area (Å²) in [6, 6.07) is 22.7. The average Bonchev–Trinajstić information content (AvgIpc) is 3.20. The predicted octanol–water partition coefficient (Wildman–Crippen LogP) is 5.08. The number of rotatable bonds is 6. The fraction of sp³-hybridized carbons (Fsp3) is 0.0870. The lowest BCUT2D eigenvalue weighted by molar-refractivity contribution is 0.0470. The lowest BCUT2D eigenvalue weighted by atomic mass is 10.2. The van der Waals surface area contributed by atoms with E-state index in [2.05, 4.69) is 0 Å². The van der Waals surface area contributed by atoms with E-state index in [9.17, 15) is 13.2 Å². The molecule has 0 saturated heterocycles. The van der Waals surface area contributed by atoms with E-state index in [-0.39, 0.29) is 17.1 Å². The van der Waals surface area contributed by atoms with Gasteiger partial charge in [0.2, 0.25) is 0 Å². The van der Waals surface area contributed by atoms with Crippen molar-refractivity contribution in [2.24, 2.45) is 0 Å². The molecule has 4 aromatic rings. The van der Waals surface area contributed by atoms with Gasteiger partial charge in [-0.1, -0.05) is 48.5 Å². The number of fused-ring (bicyclic) bond motifs is 1. The van der Waals surface area contributed by atoms with E-state index in [0.29, 0.717) is 5.69 Å². The number of sulfonamides is 1. The Hall–Kier alpha value is -3.16. The Morgan fingerprint density at radius 1 is 0.933 bits per heavy atom. The number of para-hydroxylation sites is 1. The summed E-state index contributed by atoms with van der Waals surface area (Å²) in [5.41, 5.74) is 1.41. The van der Waals surface area contributed by atoms with Gasteiger partial charge in [0.15, 0.2) is 0 Å². The van der Waals surface area contributed by atoms with Gasteiger partial charge in [-0.3, -0.25) is 4.31 Å². The Labute approximate surface area is 179 Å². The molecular formula is C23H19NO4S2. The number of ether oxygens (including phenoxy) is 1. The number of carbonyl (C=O) groups is 1. The molecule has 5 nitrogen and oxygen atoms in total. The van der Waals surface area contributed by atoms with Crippen molar-refractivity contribution in [2.75, 3.05) is 11.4 Å². The van der Waals surface area contributed by atoms with Gasteiger partial charge in [-0.05, 0) is 41.1 Å². The molecule has 0 fully saturated rings. The van der Waals surface area contributed by atoms with Crippen LogP contribution >= 0.6 is 11.3 Å². The molecule has 0 radical (unpaired) electrons. The second-order valence-electron chi connectivity index (χ2n) is 6.64. The standard InChI is InChI=1S/C23H19NO4S2/c1-24(18-9-3-2-4-10-18)30(26,27)22-14-8-6-12-20(22)23(25)28-15-17-16-29-21-13-7-5-11-19(17)21/h2-14,16H,15H2,1H3. The summed E-state index contributed by atoms with van der Waals surface area (Å²) in [7, 11) is -2.48. The van der Waals surface area contributed by atoms with Crippen molar-refractivity contribution >= 4 is 43.1 Å². The molecule has 0 unspecified atom stereocenters. The average molecular weight is 438 g/mol. The van der Waals surface area contributed by atoms with Gasteiger partial charge >= 0.3 is 5.97 Å². The number of esters is 1. The number of thiophene rings is 1. The quantitative estimate of drug-likeness (QED) is 0.395. The summed E-state index contributed by atoms with van der Waals surface area (Å²) in [5, 5.41) is 2.98. The highest BCUT2D eigenvalue weighted by molar-refractivity contribution is 7.92. The molecule has 0 bridgehead atoms. The summed E-state index contributed by atoms with van der Waals surface area (Å²) in [4.78, 5) is 12.7. The summed E-state index contributed by atoms with van der Waals surface area (Å²) in [5.74, 6) is -0.675. The van der Waals surface area contributed by atoms with E-state index in [1.165, 1.54) is 19.2 Å². The van der Waals surface area contributed by atoms with Gasteiger partial charge in [-0.2, -0.15) is 0 Å². The van der Waals surface area contributed by atoms with E-state index < -0.39 is 16.0 Å².